The Bertz CT molecular complexity index is 627. The Hall–Kier alpha value is -2.28. The fourth-order valence-corrected chi connectivity index (χ4v) is 3.52. The number of amides is 2. The second kappa shape index (κ2) is 7.31. The molecule has 2 saturated heterocycles. The Morgan fingerprint density at radius 3 is 2.32 bits per heavy atom. The molecule has 7 heteroatoms. The summed E-state index contributed by atoms with van der Waals surface area (Å²) in [5.74, 6) is 0.0270. The van der Waals surface area contributed by atoms with Crippen molar-refractivity contribution in [1.29, 1.82) is 0 Å². The lowest BCUT2D eigenvalue weighted by molar-refractivity contribution is -0.00927. The second-order valence-corrected chi connectivity index (χ2v) is 6.78. The van der Waals surface area contributed by atoms with Gasteiger partial charge in [0.15, 0.2) is 0 Å². The SMILES string of the molecule is CCc1ccc(C2CC(OC(=O)O)CN(C(=O)N3CC(O)C3)C2)cc1. The molecule has 7 nitrogen and oxygen atoms in total. The van der Waals surface area contributed by atoms with Gasteiger partial charge in [0.25, 0.3) is 0 Å². The van der Waals surface area contributed by atoms with Crippen LogP contribution in [0.1, 0.15) is 30.4 Å². The molecule has 2 fully saturated rings. The molecule has 1 aromatic rings. The Morgan fingerprint density at radius 1 is 1.12 bits per heavy atom. The van der Waals surface area contributed by atoms with Crippen LogP contribution in [0.3, 0.4) is 0 Å². The average Bonchev–Trinajstić information content (AvgIpc) is 2.57. The predicted molar refractivity (Wildman–Crippen MR) is 90.6 cm³/mol. The van der Waals surface area contributed by atoms with Crippen LogP contribution in [0.25, 0.3) is 0 Å². The number of β-amino-alcohol motifs (C(OH)–C–C–N with tert-alkyl or cyclic N) is 1. The summed E-state index contributed by atoms with van der Waals surface area (Å²) in [7, 11) is 0. The van der Waals surface area contributed by atoms with Crippen LogP contribution >= 0.6 is 0 Å². The summed E-state index contributed by atoms with van der Waals surface area (Å²) >= 11 is 0. The van der Waals surface area contributed by atoms with Crippen LogP contribution in [0.4, 0.5) is 9.59 Å². The Balaban J connectivity index is 1.74. The number of aliphatic hydroxyl groups excluding tert-OH is 1. The van der Waals surface area contributed by atoms with Gasteiger partial charge in [0.2, 0.25) is 0 Å². The van der Waals surface area contributed by atoms with Crippen molar-refractivity contribution >= 4 is 12.2 Å². The van der Waals surface area contributed by atoms with Crippen molar-refractivity contribution in [1.82, 2.24) is 9.80 Å². The number of piperidine rings is 1. The summed E-state index contributed by atoms with van der Waals surface area (Å²) in [5, 5.41) is 18.3. The standard InChI is InChI=1S/C18H24N2O5/c1-2-12-3-5-13(6-4-12)14-7-16(25-18(23)24)11-19(8-14)17(22)20-9-15(21)10-20/h3-6,14-16,21H,2,7-11H2,1H3,(H,23,24). The van der Waals surface area contributed by atoms with E-state index in [1.807, 2.05) is 12.1 Å². The largest absolute Gasteiger partial charge is 0.506 e. The smallest absolute Gasteiger partial charge is 0.450 e. The van der Waals surface area contributed by atoms with Gasteiger partial charge >= 0.3 is 12.2 Å². The number of hydrogen-bond donors (Lipinski definition) is 2. The van der Waals surface area contributed by atoms with Crippen molar-refractivity contribution in [2.24, 2.45) is 0 Å². The van der Waals surface area contributed by atoms with Crippen molar-refractivity contribution in [3.63, 3.8) is 0 Å². The molecule has 0 saturated carbocycles. The highest BCUT2D eigenvalue weighted by molar-refractivity contribution is 5.75. The number of carbonyl (C=O) groups is 2. The molecule has 0 radical (unpaired) electrons. The van der Waals surface area contributed by atoms with Gasteiger partial charge in [0.05, 0.1) is 25.7 Å². The van der Waals surface area contributed by atoms with E-state index in [0.29, 0.717) is 26.1 Å². The molecular weight excluding hydrogens is 324 g/mol. The van der Waals surface area contributed by atoms with Gasteiger partial charge in [-0.05, 0) is 24.0 Å². The number of urea groups is 1. The molecule has 2 amide bonds. The molecule has 2 aliphatic heterocycles. The first-order chi connectivity index (χ1) is 12.0. The number of carboxylic acid groups (broad SMARTS) is 1. The lowest BCUT2D eigenvalue weighted by atomic mass is 9.88. The van der Waals surface area contributed by atoms with E-state index in [1.54, 1.807) is 9.80 Å². The van der Waals surface area contributed by atoms with E-state index in [2.05, 4.69) is 19.1 Å². The lowest BCUT2D eigenvalue weighted by Gasteiger charge is -2.43. The normalized spacial score (nSPS) is 23.9. The summed E-state index contributed by atoms with van der Waals surface area (Å²) in [6, 6.07) is 8.05. The monoisotopic (exact) mass is 348 g/mol. The maximum atomic E-state index is 12.6. The van der Waals surface area contributed by atoms with Crippen LogP contribution in [0.5, 0.6) is 0 Å². The molecule has 25 heavy (non-hydrogen) atoms. The second-order valence-electron chi connectivity index (χ2n) is 6.78. The van der Waals surface area contributed by atoms with Gasteiger partial charge in [0.1, 0.15) is 6.10 Å². The summed E-state index contributed by atoms with van der Waals surface area (Å²) in [4.78, 5) is 26.7. The van der Waals surface area contributed by atoms with E-state index >= 15 is 0 Å². The van der Waals surface area contributed by atoms with E-state index in [-0.39, 0.29) is 18.5 Å². The summed E-state index contributed by atoms with van der Waals surface area (Å²) in [5.41, 5.74) is 2.32. The molecule has 0 aromatic heterocycles. The van der Waals surface area contributed by atoms with Crippen LogP contribution in [0.15, 0.2) is 24.3 Å². The van der Waals surface area contributed by atoms with Gasteiger partial charge in [-0.3, -0.25) is 0 Å². The zero-order chi connectivity index (χ0) is 18.0. The number of carbonyl (C=O) groups excluding carboxylic acids is 1. The average molecular weight is 348 g/mol. The minimum atomic E-state index is -1.32. The first-order valence-corrected chi connectivity index (χ1v) is 8.66. The third-order valence-corrected chi connectivity index (χ3v) is 4.94. The van der Waals surface area contributed by atoms with Crippen molar-refractivity contribution in [3.8, 4) is 0 Å². The van der Waals surface area contributed by atoms with Crippen LogP contribution in [-0.2, 0) is 11.2 Å². The molecule has 2 atom stereocenters. The third-order valence-electron chi connectivity index (χ3n) is 4.94. The van der Waals surface area contributed by atoms with Crippen LogP contribution in [0.2, 0.25) is 0 Å². The van der Waals surface area contributed by atoms with Crippen molar-refractivity contribution < 1.29 is 24.5 Å². The summed E-state index contributed by atoms with van der Waals surface area (Å²) < 4.78 is 4.98. The van der Waals surface area contributed by atoms with E-state index in [0.717, 1.165) is 12.0 Å². The highest BCUT2D eigenvalue weighted by Gasteiger charge is 2.38. The van der Waals surface area contributed by atoms with Crippen LogP contribution < -0.4 is 0 Å². The molecule has 0 bridgehead atoms. The highest BCUT2D eigenvalue weighted by Crippen LogP contribution is 2.30. The molecule has 2 heterocycles. The maximum absolute atomic E-state index is 12.6. The maximum Gasteiger partial charge on any atom is 0.506 e. The Labute approximate surface area is 146 Å². The molecular formula is C18H24N2O5. The first kappa shape index (κ1) is 17.5. The number of hydrogen-bond acceptors (Lipinski definition) is 4. The molecule has 2 unspecified atom stereocenters. The predicted octanol–water partition coefficient (Wildman–Crippen LogP) is 1.90. The fourth-order valence-electron chi connectivity index (χ4n) is 3.52. The molecule has 0 spiro atoms. The van der Waals surface area contributed by atoms with E-state index < -0.39 is 18.4 Å². The molecule has 3 rings (SSSR count). The van der Waals surface area contributed by atoms with E-state index in [9.17, 15) is 14.7 Å². The van der Waals surface area contributed by atoms with Crippen molar-refractivity contribution in [2.45, 2.75) is 37.9 Å². The van der Waals surface area contributed by atoms with Gasteiger partial charge < -0.3 is 24.7 Å². The van der Waals surface area contributed by atoms with Gasteiger partial charge in [-0.2, -0.15) is 0 Å². The van der Waals surface area contributed by atoms with Crippen LogP contribution in [0, 0.1) is 0 Å². The van der Waals surface area contributed by atoms with E-state index in [1.165, 1.54) is 5.56 Å². The Morgan fingerprint density at radius 2 is 1.76 bits per heavy atom. The third kappa shape index (κ3) is 4.04. The number of ether oxygens (including phenoxy) is 1. The van der Waals surface area contributed by atoms with Crippen LogP contribution in [-0.4, -0.2) is 70.6 Å². The van der Waals surface area contributed by atoms with Gasteiger partial charge in [-0.25, -0.2) is 9.59 Å². The van der Waals surface area contributed by atoms with Crippen molar-refractivity contribution in [3.05, 3.63) is 35.4 Å². The minimum Gasteiger partial charge on any atom is -0.450 e. The number of aryl methyl sites for hydroxylation is 1. The van der Waals surface area contributed by atoms with E-state index in [4.69, 9.17) is 9.84 Å². The molecule has 0 aliphatic carbocycles. The zero-order valence-electron chi connectivity index (χ0n) is 14.3. The number of rotatable bonds is 3. The Kier molecular flexibility index (Phi) is 5.13. The topological polar surface area (TPSA) is 90.3 Å². The zero-order valence-corrected chi connectivity index (χ0v) is 14.3. The fraction of sp³-hybridized carbons (Fsp3) is 0.556. The highest BCUT2D eigenvalue weighted by atomic mass is 16.7. The van der Waals surface area contributed by atoms with Gasteiger partial charge in [0, 0.05) is 12.5 Å². The molecule has 2 N–H and O–H groups in total. The minimum absolute atomic E-state index is 0.0270. The summed E-state index contributed by atoms with van der Waals surface area (Å²) in [6.45, 7) is 3.52. The first-order valence-electron chi connectivity index (χ1n) is 8.66. The molecule has 2 aliphatic rings. The lowest BCUT2D eigenvalue weighted by Crippen LogP contribution is -2.60. The number of nitrogens with zero attached hydrogens (tertiary/aromatic N) is 2. The number of likely N-dealkylation sites (tertiary alicyclic amines) is 2. The quantitative estimate of drug-likeness (QED) is 0.814. The van der Waals surface area contributed by atoms with Gasteiger partial charge in [-0.15, -0.1) is 0 Å². The molecule has 1 aromatic carbocycles. The van der Waals surface area contributed by atoms with Gasteiger partial charge in [-0.1, -0.05) is 31.2 Å². The number of benzene rings is 1. The molecule has 136 valence electrons. The number of aliphatic hydroxyl groups is 1. The summed E-state index contributed by atoms with van der Waals surface area (Å²) in [6.07, 6.45) is -0.810. The van der Waals surface area contributed by atoms with Crippen molar-refractivity contribution in [2.75, 3.05) is 26.2 Å².